The number of carbonyl (C=O) groups excluding carboxylic acids is 1. The normalized spacial score (nSPS) is 10.7. The first-order valence-electron chi connectivity index (χ1n) is 11.7. The highest BCUT2D eigenvalue weighted by Crippen LogP contribution is 2.25. The number of hydrogen-bond acceptors (Lipinski definition) is 4. The van der Waals surface area contributed by atoms with Gasteiger partial charge in [0, 0.05) is 41.5 Å². The zero-order chi connectivity index (χ0) is 25.2. The summed E-state index contributed by atoms with van der Waals surface area (Å²) in [5.41, 5.74) is 3.77. The first-order chi connectivity index (χ1) is 17.0. The fraction of sp³-hybridized carbons (Fsp3) is 0.296. The van der Waals surface area contributed by atoms with Gasteiger partial charge in [-0.3, -0.25) is 14.0 Å². The first kappa shape index (κ1) is 26.3. The number of fused-ring (bicyclic) bond motifs is 1. The molecule has 6 nitrogen and oxygen atoms in total. The molecule has 0 fully saturated rings. The number of benzene rings is 2. The van der Waals surface area contributed by atoms with Crippen LogP contribution < -0.4 is 10.9 Å². The largest absolute Gasteiger partial charge is 0.317 e. The number of nitrogens with one attached hydrogen (secondary N) is 1. The van der Waals surface area contributed by atoms with Crippen LogP contribution in [0, 0.1) is 0 Å². The van der Waals surface area contributed by atoms with E-state index in [9.17, 15) is 14.0 Å². The van der Waals surface area contributed by atoms with Gasteiger partial charge in [-0.15, -0.1) is 0 Å². The lowest BCUT2D eigenvalue weighted by molar-refractivity contribution is 0.112. The Morgan fingerprint density at radius 1 is 1.06 bits per heavy atom. The molecule has 0 spiro atoms. The van der Waals surface area contributed by atoms with Crippen LogP contribution in [0.25, 0.3) is 28.3 Å². The molecule has 1 N–H and O–H groups in total. The summed E-state index contributed by atoms with van der Waals surface area (Å²) >= 11 is 6.01. The summed E-state index contributed by atoms with van der Waals surface area (Å²) in [6.07, 6.45) is 5.76. The molecule has 0 amide bonds. The third-order valence-electron chi connectivity index (χ3n) is 5.53. The number of hydrogen-bond donors (Lipinski definition) is 1. The molecule has 4 aromatic rings. The molecule has 4 rings (SSSR count). The van der Waals surface area contributed by atoms with Crippen molar-refractivity contribution in [3.8, 4) is 22.5 Å². The van der Waals surface area contributed by atoms with Crippen LogP contribution >= 0.6 is 11.6 Å². The van der Waals surface area contributed by atoms with Gasteiger partial charge in [0.2, 0.25) is 5.78 Å². The number of halogens is 2. The average Bonchev–Trinajstić information content (AvgIpc) is 3.33. The van der Waals surface area contributed by atoms with E-state index in [1.807, 2.05) is 36.4 Å². The minimum atomic E-state index is -0.267. The molecule has 0 radical (unpaired) electrons. The second kappa shape index (κ2) is 13.0. The molecule has 0 saturated heterocycles. The summed E-state index contributed by atoms with van der Waals surface area (Å²) in [6.45, 7) is 3.12. The van der Waals surface area contributed by atoms with E-state index >= 15 is 0 Å². The molecule has 35 heavy (non-hydrogen) atoms. The Bertz CT molecular complexity index is 1300. The van der Waals surface area contributed by atoms with Gasteiger partial charge < -0.3 is 9.88 Å². The molecule has 2 heterocycles. The van der Waals surface area contributed by atoms with Gasteiger partial charge in [-0.1, -0.05) is 67.8 Å². The van der Waals surface area contributed by atoms with E-state index < -0.39 is 0 Å². The summed E-state index contributed by atoms with van der Waals surface area (Å²) in [5.74, 6) is 0.609. The standard InChI is InChI=1S/C24H22ClN3O2.C3H8FN/c1-2-3-4-13-27-22(19-7-5-17(16-29)6-8-19)14-23(30)28-15-21(26-24(27)28)18-9-11-20(25)12-10-18;1-5-3-2-4/h5-12,14-16H,2-4,13H2,1H3;5H,2-3H2,1H3. The van der Waals surface area contributed by atoms with Crippen molar-refractivity contribution in [2.24, 2.45) is 0 Å². The zero-order valence-electron chi connectivity index (χ0n) is 20.0. The molecule has 8 heteroatoms. The quantitative estimate of drug-likeness (QED) is 0.240. The Morgan fingerprint density at radius 2 is 1.74 bits per heavy atom. The molecule has 0 unspecified atom stereocenters. The Kier molecular flexibility index (Phi) is 9.76. The summed E-state index contributed by atoms with van der Waals surface area (Å²) < 4.78 is 14.6. The number of aromatic nitrogens is 3. The van der Waals surface area contributed by atoms with Crippen LogP contribution in [0.15, 0.2) is 65.6 Å². The second-order valence-electron chi connectivity index (χ2n) is 8.06. The van der Waals surface area contributed by atoms with Gasteiger partial charge in [-0.2, -0.15) is 0 Å². The molecule has 0 aliphatic rings. The molecular formula is C27H30ClFN4O2. The number of aryl methyl sites for hydroxylation is 1. The Morgan fingerprint density at radius 3 is 2.31 bits per heavy atom. The number of aldehydes is 1. The molecule has 0 aliphatic heterocycles. The number of carbonyl (C=O) groups is 1. The SMILES string of the molecule is CCCCCn1c(-c2ccc(C=O)cc2)cc(=O)n2cc(-c3ccc(Cl)cc3)nc12.CNCCF. The van der Waals surface area contributed by atoms with Crippen molar-refractivity contribution in [1.82, 2.24) is 19.3 Å². The van der Waals surface area contributed by atoms with Crippen molar-refractivity contribution >= 4 is 23.7 Å². The molecule has 0 bridgehead atoms. The third-order valence-corrected chi connectivity index (χ3v) is 5.78. The van der Waals surface area contributed by atoms with Crippen molar-refractivity contribution in [3.63, 3.8) is 0 Å². The predicted octanol–water partition coefficient (Wildman–Crippen LogP) is 5.66. The fourth-order valence-corrected chi connectivity index (χ4v) is 3.79. The topological polar surface area (TPSA) is 68.4 Å². The zero-order valence-corrected chi connectivity index (χ0v) is 20.8. The first-order valence-corrected chi connectivity index (χ1v) is 12.0. The lowest BCUT2D eigenvalue weighted by Crippen LogP contribution is -2.18. The van der Waals surface area contributed by atoms with Crippen LogP contribution in [0.4, 0.5) is 4.39 Å². The van der Waals surface area contributed by atoms with Crippen molar-refractivity contribution in [2.45, 2.75) is 32.7 Å². The van der Waals surface area contributed by atoms with Gasteiger partial charge >= 0.3 is 0 Å². The Labute approximate surface area is 209 Å². The van der Waals surface area contributed by atoms with Gasteiger partial charge in [0.05, 0.1) is 11.4 Å². The van der Waals surface area contributed by atoms with Gasteiger partial charge in [-0.25, -0.2) is 9.37 Å². The summed E-state index contributed by atoms with van der Waals surface area (Å²) in [7, 11) is 1.72. The van der Waals surface area contributed by atoms with E-state index in [0.29, 0.717) is 22.9 Å². The molecule has 0 aliphatic carbocycles. The Hall–Kier alpha value is -3.29. The van der Waals surface area contributed by atoms with Crippen LogP contribution in [0.1, 0.15) is 36.5 Å². The predicted molar refractivity (Wildman–Crippen MR) is 140 cm³/mol. The number of alkyl halides is 1. The maximum absolute atomic E-state index is 12.9. The van der Waals surface area contributed by atoms with E-state index in [0.717, 1.165) is 54.6 Å². The third kappa shape index (κ3) is 6.65. The monoisotopic (exact) mass is 496 g/mol. The molecule has 0 atom stereocenters. The summed E-state index contributed by atoms with van der Waals surface area (Å²) in [4.78, 5) is 28.7. The van der Waals surface area contributed by atoms with Crippen molar-refractivity contribution < 1.29 is 9.18 Å². The number of rotatable bonds is 9. The number of unbranched alkanes of at least 4 members (excludes halogenated alkanes) is 2. The van der Waals surface area contributed by atoms with Crippen LogP contribution in [-0.2, 0) is 6.54 Å². The maximum Gasteiger partial charge on any atom is 0.259 e. The maximum atomic E-state index is 12.9. The van der Waals surface area contributed by atoms with Crippen LogP contribution in [0.3, 0.4) is 0 Å². The highest BCUT2D eigenvalue weighted by atomic mass is 35.5. The molecular weight excluding hydrogens is 467 g/mol. The van der Waals surface area contributed by atoms with Gasteiger partial charge in [-0.05, 0) is 31.2 Å². The highest BCUT2D eigenvalue weighted by molar-refractivity contribution is 6.30. The van der Waals surface area contributed by atoms with Crippen molar-refractivity contribution in [1.29, 1.82) is 0 Å². The van der Waals surface area contributed by atoms with Crippen molar-refractivity contribution in [2.75, 3.05) is 20.3 Å². The summed E-state index contributed by atoms with van der Waals surface area (Å²) in [5, 5.41) is 3.30. The van der Waals surface area contributed by atoms with Gasteiger partial charge in [0.25, 0.3) is 5.56 Å². The second-order valence-corrected chi connectivity index (χ2v) is 8.50. The Balaban J connectivity index is 0.000000623. The summed E-state index contributed by atoms with van der Waals surface area (Å²) in [6, 6.07) is 16.3. The number of imidazole rings is 1. The molecule has 184 valence electrons. The fourth-order valence-electron chi connectivity index (χ4n) is 3.66. The van der Waals surface area contributed by atoms with Crippen molar-refractivity contribution in [3.05, 3.63) is 81.7 Å². The minimum absolute atomic E-state index is 0.140. The van der Waals surface area contributed by atoms with E-state index in [2.05, 4.69) is 16.8 Å². The van der Waals surface area contributed by atoms with Gasteiger partial charge in [0.1, 0.15) is 13.0 Å². The molecule has 2 aromatic carbocycles. The molecule has 2 aromatic heterocycles. The van der Waals surface area contributed by atoms with Crippen LogP contribution in [0.5, 0.6) is 0 Å². The van der Waals surface area contributed by atoms with Crippen LogP contribution in [-0.4, -0.2) is 40.5 Å². The van der Waals surface area contributed by atoms with E-state index in [1.165, 1.54) is 0 Å². The van der Waals surface area contributed by atoms with Gasteiger partial charge in [0.15, 0.2) is 0 Å². The highest BCUT2D eigenvalue weighted by Gasteiger charge is 2.15. The minimum Gasteiger partial charge on any atom is -0.317 e. The van der Waals surface area contributed by atoms with E-state index in [-0.39, 0.29) is 12.2 Å². The lowest BCUT2D eigenvalue weighted by Gasteiger charge is -2.15. The smallest absolute Gasteiger partial charge is 0.259 e. The number of nitrogens with zero attached hydrogens (tertiary/aromatic N) is 3. The van der Waals surface area contributed by atoms with E-state index in [1.54, 1.807) is 35.8 Å². The average molecular weight is 497 g/mol. The lowest BCUT2D eigenvalue weighted by atomic mass is 10.1. The molecule has 0 saturated carbocycles. The van der Waals surface area contributed by atoms with E-state index in [4.69, 9.17) is 16.6 Å². The van der Waals surface area contributed by atoms with Crippen LogP contribution in [0.2, 0.25) is 5.02 Å².